The number of hydrogen-bond donors (Lipinski definition) is 2. The molecule has 1 fully saturated rings. The van der Waals surface area contributed by atoms with Crippen LogP contribution in [-0.4, -0.2) is 50.3 Å². The van der Waals surface area contributed by atoms with Crippen LogP contribution in [0.3, 0.4) is 0 Å². The van der Waals surface area contributed by atoms with E-state index in [4.69, 9.17) is 9.15 Å². The van der Waals surface area contributed by atoms with Crippen molar-refractivity contribution >= 4 is 6.03 Å². The van der Waals surface area contributed by atoms with Gasteiger partial charge in [0.25, 0.3) is 0 Å². The van der Waals surface area contributed by atoms with Gasteiger partial charge >= 0.3 is 6.03 Å². The summed E-state index contributed by atoms with van der Waals surface area (Å²) in [6, 6.07) is 3.48. The highest BCUT2D eigenvalue weighted by atomic mass is 16.5. The van der Waals surface area contributed by atoms with Gasteiger partial charge in [-0.3, -0.25) is 4.90 Å². The van der Waals surface area contributed by atoms with E-state index in [1.165, 1.54) is 0 Å². The Labute approximate surface area is 113 Å². The summed E-state index contributed by atoms with van der Waals surface area (Å²) in [7, 11) is 0. The van der Waals surface area contributed by atoms with Crippen molar-refractivity contribution in [2.45, 2.75) is 13.0 Å². The lowest BCUT2D eigenvalue weighted by Crippen LogP contribution is -2.39. The van der Waals surface area contributed by atoms with Gasteiger partial charge in [-0.2, -0.15) is 0 Å². The highest BCUT2D eigenvalue weighted by Gasteiger charge is 2.09. The van der Waals surface area contributed by atoms with Gasteiger partial charge in [0.15, 0.2) is 0 Å². The highest BCUT2D eigenvalue weighted by molar-refractivity contribution is 5.73. The highest BCUT2D eigenvalue weighted by Crippen LogP contribution is 1.98. The number of nitrogens with one attached hydrogen (secondary N) is 2. The van der Waals surface area contributed by atoms with Gasteiger partial charge in [-0.25, -0.2) is 4.79 Å². The Morgan fingerprint density at radius 3 is 2.89 bits per heavy atom. The topological polar surface area (TPSA) is 66.7 Å². The summed E-state index contributed by atoms with van der Waals surface area (Å²) in [5.74, 6) is 0.753. The van der Waals surface area contributed by atoms with Crippen molar-refractivity contribution in [1.82, 2.24) is 15.5 Å². The third kappa shape index (κ3) is 5.32. The molecule has 2 rings (SSSR count). The zero-order valence-corrected chi connectivity index (χ0v) is 11.1. The maximum absolute atomic E-state index is 11.5. The lowest BCUT2D eigenvalue weighted by atomic mass is 10.3. The van der Waals surface area contributed by atoms with Crippen LogP contribution in [0.4, 0.5) is 4.79 Å². The molecule has 2 heterocycles. The fourth-order valence-electron chi connectivity index (χ4n) is 1.97. The molecule has 1 aromatic heterocycles. The first-order chi connectivity index (χ1) is 9.34. The number of hydrogen-bond acceptors (Lipinski definition) is 4. The van der Waals surface area contributed by atoms with Crippen LogP contribution in [-0.2, 0) is 11.3 Å². The Hall–Kier alpha value is -1.53. The molecular weight excluding hydrogens is 246 g/mol. The van der Waals surface area contributed by atoms with Crippen molar-refractivity contribution in [2.75, 3.05) is 39.4 Å². The molecule has 0 atom stereocenters. The first kappa shape index (κ1) is 13.9. The number of ether oxygens (including phenoxy) is 1. The molecule has 19 heavy (non-hydrogen) atoms. The first-order valence-corrected chi connectivity index (χ1v) is 6.69. The second-order valence-electron chi connectivity index (χ2n) is 4.50. The van der Waals surface area contributed by atoms with Crippen LogP contribution in [0, 0.1) is 0 Å². The van der Waals surface area contributed by atoms with Crippen LogP contribution in [0.1, 0.15) is 12.2 Å². The lowest BCUT2D eigenvalue weighted by Gasteiger charge is -2.26. The van der Waals surface area contributed by atoms with Crippen molar-refractivity contribution in [3.8, 4) is 0 Å². The van der Waals surface area contributed by atoms with Gasteiger partial charge in [0.1, 0.15) is 5.76 Å². The normalized spacial score (nSPS) is 16.2. The smallest absolute Gasteiger partial charge is 0.315 e. The molecule has 1 aliphatic heterocycles. The maximum atomic E-state index is 11.5. The number of furan rings is 1. The zero-order valence-electron chi connectivity index (χ0n) is 11.1. The van der Waals surface area contributed by atoms with Crippen molar-refractivity contribution in [1.29, 1.82) is 0 Å². The monoisotopic (exact) mass is 267 g/mol. The number of urea groups is 1. The predicted octanol–water partition coefficient (Wildman–Crippen LogP) is 0.801. The molecule has 0 unspecified atom stereocenters. The molecule has 0 saturated carbocycles. The minimum Gasteiger partial charge on any atom is -0.467 e. The van der Waals surface area contributed by atoms with E-state index in [2.05, 4.69) is 15.5 Å². The van der Waals surface area contributed by atoms with Gasteiger partial charge in [-0.15, -0.1) is 0 Å². The lowest BCUT2D eigenvalue weighted by molar-refractivity contribution is 0.0375. The maximum Gasteiger partial charge on any atom is 0.315 e. The molecule has 6 heteroatoms. The van der Waals surface area contributed by atoms with E-state index in [1.807, 2.05) is 6.07 Å². The van der Waals surface area contributed by atoms with Crippen LogP contribution in [0.2, 0.25) is 0 Å². The molecule has 0 radical (unpaired) electrons. The molecule has 6 nitrogen and oxygen atoms in total. The average molecular weight is 267 g/mol. The molecule has 0 spiro atoms. The van der Waals surface area contributed by atoms with E-state index in [9.17, 15) is 4.79 Å². The van der Waals surface area contributed by atoms with Crippen molar-refractivity contribution in [3.63, 3.8) is 0 Å². The van der Waals surface area contributed by atoms with Gasteiger partial charge in [-0.1, -0.05) is 0 Å². The van der Waals surface area contributed by atoms with Crippen LogP contribution in [0.25, 0.3) is 0 Å². The molecule has 106 valence electrons. The van der Waals surface area contributed by atoms with E-state index in [0.717, 1.165) is 45.0 Å². The molecule has 1 saturated heterocycles. The number of nitrogens with zero attached hydrogens (tertiary/aromatic N) is 1. The Balaban J connectivity index is 1.49. The summed E-state index contributed by atoms with van der Waals surface area (Å²) in [5, 5.41) is 5.58. The molecule has 0 aliphatic carbocycles. The molecular formula is C13H21N3O3. The van der Waals surface area contributed by atoms with Crippen LogP contribution >= 0.6 is 0 Å². The largest absolute Gasteiger partial charge is 0.467 e. The summed E-state index contributed by atoms with van der Waals surface area (Å²) in [6.07, 6.45) is 2.55. The Kier molecular flexibility index (Phi) is 5.71. The summed E-state index contributed by atoms with van der Waals surface area (Å²) in [4.78, 5) is 13.8. The SMILES string of the molecule is O=C(NCCCN1CCOCC1)NCc1ccco1. The van der Waals surface area contributed by atoms with E-state index >= 15 is 0 Å². The minimum atomic E-state index is -0.154. The third-order valence-corrected chi connectivity index (χ3v) is 3.04. The van der Waals surface area contributed by atoms with Gasteiger partial charge in [0.2, 0.25) is 0 Å². The summed E-state index contributed by atoms with van der Waals surface area (Å²) in [5.41, 5.74) is 0. The fourth-order valence-corrected chi connectivity index (χ4v) is 1.97. The minimum absolute atomic E-state index is 0.154. The fraction of sp³-hybridized carbons (Fsp3) is 0.615. The quantitative estimate of drug-likeness (QED) is 0.748. The summed E-state index contributed by atoms with van der Waals surface area (Å²) in [6.45, 7) is 5.72. The standard InChI is InChI=1S/C13H21N3O3/c17-13(15-11-12-3-1-8-19-12)14-4-2-5-16-6-9-18-10-7-16/h1,3,8H,2,4-7,9-11H2,(H2,14,15,17). The number of amides is 2. The van der Waals surface area contributed by atoms with Crippen molar-refractivity contribution < 1.29 is 13.9 Å². The number of rotatable bonds is 6. The molecule has 0 aromatic carbocycles. The van der Waals surface area contributed by atoms with Gasteiger partial charge in [0.05, 0.1) is 26.0 Å². The van der Waals surface area contributed by atoms with Gasteiger partial charge in [0, 0.05) is 19.6 Å². The second-order valence-corrected chi connectivity index (χ2v) is 4.50. The van der Waals surface area contributed by atoms with Crippen LogP contribution < -0.4 is 10.6 Å². The van der Waals surface area contributed by atoms with E-state index in [1.54, 1.807) is 12.3 Å². The molecule has 1 aromatic rings. The molecule has 1 aliphatic rings. The van der Waals surface area contributed by atoms with Crippen molar-refractivity contribution in [2.24, 2.45) is 0 Å². The molecule has 0 bridgehead atoms. The number of carbonyl (C=O) groups excluding carboxylic acids is 1. The van der Waals surface area contributed by atoms with Gasteiger partial charge < -0.3 is 19.8 Å². The second kappa shape index (κ2) is 7.81. The predicted molar refractivity (Wildman–Crippen MR) is 70.8 cm³/mol. The number of carbonyl (C=O) groups is 1. The van der Waals surface area contributed by atoms with Crippen LogP contribution in [0.5, 0.6) is 0 Å². The zero-order chi connectivity index (χ0) is 13.3. The van der Waals surface area contributed by atoms with E-state index in [-0.39, 0.29) is 6.03 Å². The van der Waals surface area contributed by atoms with Crippen molar-refractivity contribution in [3.05, 3.63) is 24.2 Å². The summed E-state index contributed by atoms with van der Waals surface area (Å²) < 4.78 is 10.4. The van der Waals surface area contributed by atoms with E-state index < -0.39 is 0 Å². The first-order valence-electron chi connectivity index (χ1n) is 6.69. The number of morpholine rings is 1. The van der Waals surface area contributed by atoms with Crippen LogP contribution in [0.15, 0.2) is 22.8 Å². The Morgan fingerprint density at radius 1 is 1.32 bits per heavy atom. The van der Waals surface area contributed by atoms with Gasteiger partial charge in [-0.05, 0) is 25.1 Å². The van der Waals surface area contributed by atoms with E-state index in [0.29, 0.717) is 13.1 Å². The molecule has 2 N–H and O–H groups in total. The summed E-state index contributed by atoms with van der Waals surface area (Å²) >= 11 is 0. The Bertz CT molecular complexity index is 361. The Morgan fingerprint density at radius 2 is 2.16 bits per heavy atom. The third-order valence-electron chi connectivity index (χ3n) is 3.04. The average Bonchev–Trinajstić information content (AvgIpc) is 2.96. The molecule has 2 amide bonds.